The Morgan fingerprint density at radius 1 is 0.971 bits per heavy atom. The Morgan fingerprint density at radius 2 is 1.71 bits per heavy atom. The number of amides is 1. The van der Waals surface area contributed by atoms with Gasteiger partial charge in [0, 0.05) is 27.5 Å². The molecule has 3 aromatic carbocycles. The van der Waals surface area contributed by atoms with Crippen molar-refractivity contribution in [3.63, 3.8) is 0 Å². The van der Waals surface area contributed by atoms with Gasteiger partial charge in [-0.15, -0.1) is 0 Å². The van der Waals surface area contributed by atoms with E-state index in [4.69, 9.17) is 5.73 Å². The number of nitrogens with two attached hydrogens (primary N) is 1. The second-order valence-electron chi connectivity index (χ2n) is 8.57. The maximum absolute atomic E-state index is 14.7. The van der Waals surface area contributed by atoms with Gasteiger partial charge < -0.3 is 10.7 Å². The number of nitrogens with zero attached hydrogens (tertiary/aromatic N) is 2. The summed E-state index contributed by atoms with van der Waals surface area (Å²) in [5, 5.41) is 1.78. The van der Waals surface area contributed by atoms with E-state index in [1.165, 1.54) is 24.0 Å². The lowest BCUT2D eigenvalue weighted by molar-refractivity contribution is -0.120. The summed E-state index contributed by atoms with van der Waals surface area (Å²) in [7, 11) is 0. The average molecular weight is 450 g/mol. The third kappa shape index (κ3) is 2.58. The summed E-state index contributed by atoms with van der Waals surface area (Å²) in [5.74, 6) is -1.64. The number of hydrogen-bond donors (Lipinski definition) is 2. The number of benzene rings is 3. The van der Waals surface area contributed by atoms with Crippen LogP contribution >= 0.6 is 0 Å². The Bertz CT molecular complexity index is 1660. The first-order chi connectivity index (χ1) is 16.4. The van der Waals surface area contributed by atoms with Crippen LogP contribution in [-0.4, -0.2) is 21.7 Å². The van der Waals surface area contributed by atoms with Crippen LogP contribution in [0.2, 0.25) is 0 Å². The fourth-order valence-electron chi connectivity index (χ4n) is 4.94. The van der Waals surface area contributed by atoms with Gasteiger partial charge in [0.25, 0.3) is 0 Å². The Labute approximate surface area is 193 Å². The number of fused-ring (bicyclic) bond motifs is 4. The molecule has 0 radical (unpaired) electrons. The summed E-state index contributed by atoms with van der Waals surface area (Å²) >= 11 is 0. The average Bonchev–Trinajstić information content (AvgIpc) is 3.33. The summed E-state index contributed by atoms with van der Waals surface area (Å²) in [5.41, 5.74) is 7.57. The number of H-pyrrole nitrogens is 1. The standard InChI is InChI=1S/C27H19FN4O2/c1-27(25(33)20-13-16-15-7-2-4-10-19(15)31-21(16)14-30-20)24-18(29)9-6-12-23(24)32(26(27)34)22-11-5-3-8-17(22)28/h2-14,31H,29H2,1H3. The lowest BCUT2D eigenvalue weighted by Crippen LogP contribution is -2.43. The first kappa shape index (κ1) is 20.1. The van der Waals surface area contributed by atoms with Crippen molar-refractivity contribution in [2.45, 2.75) is 12.3 Å². The van der Waals surface area contributed by atoms with Crippen LogP contribution in [0, 0.1) is 5.82 Å². The number of rotatable bonds is 3. The molecule has 1 unspecified atom stereocenters. The Kier molecular flexibility index (Phi) is 4.13. The van der Waals surface area contributed by atoms with E-state index >= 15 is 0 Å². The third-order valence-corrected chi connectivity index (χ3v) is 6.62. The van der Waals surface area contributed by atoms with Crippen LogP contribution in [0.25, 0.3) is 21.8 Å². The predicted octanol–water partition coefficient (Wildman–Crippen LogP) is 5.26. The van der Waals surface area contributed by atoms with E-state index in [0.29, 0.717) is 11.3 Å². The van der Waals surface area contributed by atoms with Crippen LogP contribution in [0.15, 0.2) is 79.0 Å². The zero-order valence-electron chi connectivity index (χ0n) is 18.2. The number of ketones is 1. The van der Waals surface area contributed by atoms with E-state index < -0.39 is 22.9 Å². The summed E-state index contributed by atoms with van der Waals surface area (Å²) in [6, 6.07) is 20.4. The highest BCUT2D eigenvalue weighted by Crippen LogP contribution is 2.50. The number of Topliss-reactive ketones (excluding diaryl/α,β-unsaturated/α-hetero) is 1. The molecule has 0 aliphatic carbocycles. The van der Waals surface area contributed by atoms with E-state index in [9.17, 15) is 14.0 Å². The molecule has 0 bridgehead atoms. The van der Waals surface area contributed by atoms with Crippen molar-refractivity contribution in [1.29, 1.82) is 0 Å². The molecule has 3 N–H and O–H groups in total. The normalized spacial score (nSPS) is 17.5. The van der Waals surface area contributed by atoms with Crippen molar-refractivity contribution in [2.75, 3.05) is 10.6 Å². The number of aromatic amines is 1. The number of para-hydroxylation sites is 2. The van der Waals surface area contributed by atoms with E-state index in [2.05, 4.69) is 9.97 Å². The summed E-state index contributed by atoms with van der Waals surface area (Å²) in [6.07, 6.45) is 1.59. The smallest absolute Gasteiger partial charge is 0.250 e. The molecule has 3 heterocycles. The molecule has 6 rings (SSSR count). The highest BCUT2D eigenvalue weighted by molar-refractivity contribution is 6.29. The molecule has 0 fully saturated rings. The zero-order chi connectivity index (χ0) is 23.6. The van der Waals surface area contributed by atoms with Crippen molar-refractivity contribution in [2.24, 2.45) is 0 Å². The zero-order valence-corrected chi connectivity index (χ0v) is 18.2. The number of nitrogens with one attached hydrogen (secondary N) is 1. The first-order valence-corrected chi connectivity index (χ1v) is 10.8. The van der Waals surface area contributed by atoms with Crippen LogP contribution in [-0.2, 0) is 10.2 Å². The van der Waals surface area contributed by atoms with E-state index in [1.807, 2.05) is 24.3 Å². The van der Waals surface area contributed by atoms with Gasteiger partial charge in [-0.05, 0) is 43.3 Å². The van der Waals surface area contributed by atoms with Crippen molar-refractivity contribution in [1.82, 2.24) is 9.97 Å². The van der Waals surface area contributed by atoms with E-state index in [0.717, 1.165) is 21.8 Å². The van der Waals surface area contributed by atoms with Crippen LogP contribution in [0.5, 0.6) is 0 Å². The second kappa shape index (κ2) is 6.99. The molecule has 1 aliphatic rings. The van der Waals surface area contributed by atoms with Gasteiger partial charge in [-0.25, -0.2) is 4.39 Å². The van der Waals surface area contributed by atoms with Crippen molar-refractivity contribution in [3.8, 4) is 0 Å². The van der Waals surface area contributed by atoms with Gasteiger partial charge >= 0.3 is 0 Å². The molecule has 1 aliphatic heterocycles. The van der Waals surface area contributed by atoms with Crippen LogP contribution in [0.4, 0.5) is 21.5 Å². The second-order valence-corrected chi connectivity index (χ2v) is 8.57. The Balaban J connectivity index is 1.55. The highest BCUT2D eigenvalue weighted by atomic mass is 19.1. The van der Waals surface area contributed by atoms with Gasteiger partial charge in [0.1, 0.15) is 16.9 Å². The van der Waals surface area contributed by atoms with Gasteiger partial charge in [-0.1, -0.05) is 36.4 Å². The fourth-order valence-corrected chi connectivity index (χ4v) is 4.94. The summed E-state index contributed by atoms with van der Waals surface area (Å²) < 4.78 is 14.7. The van der Waals surface area contributed by atoms with Gasteiger partial charge in [0.15, 0.2) is 0 Å². The number of anilines is 3. The molecule has 1 amide bonds. The molecular weight excluding hydrogens is 431 g/mol. The molecule has 0 saturated heterocycles. The molecule has 5 aromatic rings. The molecule has 2 aromatic heterocycles. The highest BCUT2D eigenvalue weighted by Gasteiger charge is 2.55. The number of carbonyl (C=O) groups is 2. The topological polar surface area (TPSA) is 92.1 Å². The number of carbonyl (C=O) groups excluding carboxylic acids is 2. The first-order valence-electron chi connectivity index (χ1n) is 10.8. The maximum Gasteiger partial charge on any atom is 0.250 e. The lowest BCUT2D eigenvalue weighted by Gasteiger charge is -2.23. The quantitative estimate of drug-likeness (QED) is 0.223. The number of halogens is 1. The number of nitrogen functional groups attached to an aromatic ring is 1. The Morgan fingerprint density at radius 3 is 2.53 bits per heavy atom. The number of pyridine rings is 1. The van der Waals surface area contributed by atoms with Gasteiger partial charge in [0.05, 0.1) is 23.1 Å². The van der Waals surface area contributed by atoms with Gasteiger partial charge in [-0.2, -0.15) is 0 Å². The fraction of sp³-hybridized carbons (Fsp3) is 0.0741. The molecule has 6 nitrogen and oxygen atoms in total. The Hall–Kier alpha value is -4.52. The van der Waals surface area contributed by atoms with Gasteiger partial charge in [0.2, 0.25) is 11.7 Å². The monoisotopic (exact) mass is 450 g/mol. The number of aromatic nitrogens is 2. The van der Waals surface area contributed by atoms with Crippen LogP contribution in [0.3, 0.4) is 0 Å². The minimum atomic E-state index is -1.67. The van der Waals surface area contributed by atoms with Crippen molar-refractivity contribution < 1.29 is 14.0 Å². The molecular formula is C27H19FN4O2. The minimum absolute atomic E-state index is 0.0657. The lowest BCUT2D eigenvalue weighted by atomic mass is 9.77. The molecule has 0 spiro atoms. The summed E-state index contributed by atoms with van der Waals surface area (Å²) in [4.78, 5) is 36.8. The van der Waals surface area contributed by atoms with E-state index in [-0.39, 0.29) is 17.1 Å². The molecule has 7 heteroatoms. The van der Waals surface area contributed by atoms with Crippen LogP contribution in [0.1, 0.15) is 23.0 Å². The number of hydrogen-bond acceptors (Lipinski definition) is 4. The third-order valence-electron chi connectivity index (χ3n) is 6.62. The molecule has 34 heavy (non-hydrogen) atoms. The SMILES string of the molecule is CC1(C(=O)c2cc3c(cn2)[nH]c2ccccc23)C(=O)N(c2ccccc2F)c2cccc(N)c21. The minimum Gasteiger partial charge on any atom is -0.398 e. The molecule has 166 valence electrons. The van der Waals surface area contributed by atoms with E-state index in [1.54, 1.807) is 42.6 Å². The predicted molar refractivity (Wildman–Crippen MR) is 130 cm³/mol. The largest absolute Gasteiger partial charge is 0.398 e. The summed E-state index contributed by atoms with van der Waals surface area (Å²) in [6.45, 7) is 1.54. The molecule has 0 saturated carbocycles. The van der Waals surface area contributed by atoms with Gasteiger partial charge in [-0.3, -0.25) is 19.5 Å². The van der Waals surface area contributed by atoms with Crippen LogP contribution < -0.4 is 10.6 Å². The van der Waals surface area contributed by atoms with Crippen molar-refractivity contribution >= 4 is 50.6 Å². The maximum atomic E-state index is 14.7. The van der Waals surface area contributed by atoms with Crippen molar-refractivity contribution in [3.05, 3.63) is 96.1 Å². The molecule has 1 atom stereocenters.